The molecule has 0 aliphatic carbocycles. The molecule has 1 N–H and O–H groups in total. The Bertz CT molecular complexity index is 465. The van der Waals surface area contributed by atoms with Gasteiger partial charge >= 0.3 is 0 Å². The van der Waals surface area contributed by atoms with Crippen LogP contribution in [0, 0.1) is 12.7 Å². The summed E-state index contributed by atoms with van der Waals surface area (Å²) in [7, 11) is 0. The molecule has 4 heteroatoms. The van der Waals surface area contributed by atoms with Gasteiger partial charge in [0, 0.05) is 11.1 Å². The molecule has 0 atom stereocenters. The second-order valence-electron chi connectivity index (χ2n) is 3.13. The van der Waals surface area contributed by atoms with Gasteiger partial charge in [0.05, 0.1) is 12.4 Å². The van der Waals surface area contributed by atoms with Crippen molar-refractivity contribution in [2.45, 2.75) is 6.92 Å². The van der Waals surface area contributed by atoms with E-state index in [4.69, 9.17) is 5.21 Å². The van der Waals surface area contributed by atoms with Crippen molar-refractivity contribution < 1.29 is 9.60 Å². The van der Waals surface area contributed by atoms with Gasteiger partial charge in [0.1, 0.15) is 5.82 Å². The molecule has 0 radical (unpaired) electrons. The van der Waals surface area contributed by atoms with Gasteiger partial charge in [-0.15, -0.1) is 9.94 Å². The van der Waals surface area contributed by atoms with Crippen LogP contribution >= 0.6 is 0 Å². The Balaban J connectivity index is 2.52. The average Bonchev–Trinajstić information content (AvgIpc) is 2.51. The van der Waals surface area contributed by atoms with Crippen molar-refractivity contribution in [2.24, 2.45) is 0 Å². The molecule has 0 bridgehead atoms. The second kappa shape index (κ2) is 3.14. The van der Waals surface area contributed by atoms with Gasteiger partial charge in [-0.25, -0.2) is 4.39 Å². The van der Waals surface area contributed by atoms with Gasteiger partial charge in [0.25, 0.3) is 0 Å². The number of benzene rings is 1. The van der Waals surface area contributed by atoms with E-state index in [1.807, 2.05) is 13.0 Å². The fourth-order valence-electron chi connectivity index (χ4n) is 1.31. The SMILES string of the molecule is Cc1ccc(-c2cnn(O)c2)c(F)c1. The maximum absolute atomic E-state index is 13.4. The summed E-state index contributed by atoms with van der Waals surface area (Å²) in [5.74, 6) is -0.307. The van der Waals surface area contributed by atoms with Crippen LogP contribution in [0.3, 0.4) is 0 Å². The van der Waals surface area contributed by atoms with Crippen molar-refractivity contribution in [1.82, 2.24) is 9.94 Å². The quantitative estimate of drug-likeness (QED) is 0.703. The lowest BCUT2D eigenvalue weighted by molar-refractivity contribution is 0.149. The summed E-state index contributed by atoms with van der Waals surface area (Å²) in [6.07, 6.45) is 2.77. The van der Waals surface area contributed by atoms with Crippen LogP contribution in [0.2, 0.25) is 0 Å². The summed E-state index contributed by atoms with van der Waals surface area (Å²) in [5, 5.41) is 12.5. The lowest BCUT2D eigenvalue weighted by Crippen LogP contribution is -1.87. The maximum atomic E-state index is 13.4. The molecule has 1 heterocycles. The molecular weight excluding hydrogens is 183 g/mol. The smallest absolute Gasteiger partial charge is 0.131 e. The van der Waals surface area contributed by atoms with Gasteiger partial charge in [-0.05, 0) is 18.6 Å². The Kier molecular flexibility index (Phi) is 1.96. The molecule has 0 aliphatic rings. The lowest BCUT2D eigenvalue weighted by Gasteiger charge is -2.00. The van der Waals surface area contributed by atoms with E-state index in [9.17, 15) is 4.39 Å². The zero-order valence-electron chi connectivity index (χ0n) is 7.61. The first kappa shape index (κ1) is 8.74. The molecule has 72 valence electrons. The molecule has 0 saturated heterocycles. The molecule has 0 aliphatic heterocycles. The summed E-state index contributed by atoms with van der Waals surface area (Å²) >= 11 is 0. The largest absolute Gasteiger partial charge is 0.412 e. The predicted molar refractivity (Wildman–Crippen MR) is 49.5 cm³/mol. The lowest BCUT2D eigenvalue weighted by atomic mass is 10.1. The third-order valence-corrected chi connectivity index (χ3v) is 2.01. The number of hydrogen-bond acceptors (Lipinski definition) is 2. The minimum Gasteiger partial charge on any atom is -0.412 e. The summed E-state index contributed by atoms with van der Waals surface area (Å²) < 4.78 is 13.4. The molecule has 3 nitrogen and oxygen atoms in total. The fourth-order valence-corrected chi connectivity index (χ4v) is 1.31. The van der Waals surface area contributed by atoms with Gasteiger partial charge in [-0.1, -0.05) is 12.1 Å². The highest BCUT2D eigenvalue weighted by atomic mass is 19.1. The Morgan fingerprint density at radius 3 is 2.79 bits per heavy atom. The van der Waals surface area contributed by atoms with Gasteiger partial charge < -0.3 is 5.21 Å². The van der Waals surface area contributed by atoms with E-state index in [0.717, 1.165) is 5.56 Å². The Morgan fingerprint density at radius 1 is 1.43 bits per heavy atom. The Hall–Kier alpha value is -1.84. The first-order chi connectivity index (χ1) is 6.66. The third-order valence-electron chi connectivity index (χ3n) is 2.01. The minimum absolute atomic E-state index is 0.307. The Morgan fingerprint density at radius 2 is 2.21 bits per heavy atom. The van der Waals surface area contributed by atoms with Crippen LogP contribution in [-0.2, 0) is 0 Å². The normalized spacial score (nSPS) is 10.4. The molecule has 0 unspecified atom stereocenters. The van der Waals surface area contributed by atoms with Gasteiger partial charge in [0.2, 0.25) is 0 Å². The molecular formula is C10H9FN2O. The highest BCUT2D eigenvalue weighted by Crippen LogP contribution is 2.22. The molecule has 0 spiro atoms. The molecule has 0 amide bonds. The van der Waals surface area contributed by atoms with Gasteiger partial charge in [0.15, 0.2) is 0 Å². The monoisotopic (exact) mass is 192 g/mol. The van der Waals surface area contributed by atoms with Crippen LogP contribution in [0.1, 0.15) is 5.56 Å². The van der Waals surface area contributed by atoms with E-state index in [2.05, 4.69) is 5.10 Å². The summed E-state index contributed by atoms with van der Waals surface area (Å²) in [5.41, 5.74) is 1.86. The topological polar surface area (TPSA) is 38.0 Å². The van der Waals surface area contributed by atoms with E-state index in [1.165, 1.54) is 18.5 Å². The van der Waals surface area contributed by atoms with Crippen LogP contribution < -0.4 is 0 Å². The first-order valence-corrected chi connectivity index (χ1v) is 4.17. The molecule has 1 aromatic carbocycles. The van der Waals surface area contributed by atoms with Crippen LogP contribution in [0.5, 0.6) is 0 Å². The van der Waals surface area contributed by atoms with E-state index in [0.29, 0.717) is 16.0 Å². The number of aryl methyl sites for hydroxylation is 1. The molecule has 1 aromatic heterocycles. The van der Waals surface area contributed by atoms with Crippen molar-refractivity contribution in [3.05, 3.63) is 42.0 Å². The average molecular weight is 192 g/mol. The van der Waals surface area contributed by atoms with Crippen LogP contribution in [0.25, 0.3) is 11.1 Å². The molecule has 0 fully saturated rings. The number of halogens is 1. The zero-order valence-corrected chi connectivity index (χ0v) is 7.61. The standard InChI is InChI=1S/C10H9FN2O/c1-7-2-3-9(10(11)4-7)8-5-12-13(14)6-8/h2-6,14H,1H3. The van der Waals surface area contributed by atoms with Crippen molar-refractivity contribution in [3.63, 3.8) is 0 Å². The molecule has 2 aromatic rings. The van der Waals surface area contributed by atoms with Gasteiger partial charge in [-0.3, -0.25) is 0 Å². The first-order valence-electron chi connectivity index (χ1n) is 4.17. The summed E-state index contributed by atoms with van der Waals surface area (Å²) in [6.45, 7) is 1.82. The van der Waals surface area contributed by atoms with Crippen molar-refractivity contribution in [2.75, 3.05) is 0 Å². The van der Waals surface area contributed by atoms with E-state index in [-0.39, 0.29) is 5.82 Å². The molecule has 0 saturated carbocycles. The van der Waals surface area contributed by atoms with Gasteiger partial charge in [-0.2, -0.15) is 0 Å². The third kappa shape index (κ3) is 1.46. The summed E-state index contributed by atoms with van der Waals surface area (Å²) in [4.78, 5) is 0.661. The minimum atomic E-state index is -0.307. The van der Waals surface area contributed by atoms with Crippen LogP contribution in [0.15, 0.2) is 30.6 Å². The number of hydrogen-bond donors (Lipinski definition) is 1. The number of rotatable bonds is 1. The number of nitrogens with zero attached hydrogens (tertiary/aromatic N) is 2. The van der Waals surface area contributed by atoms with Crippen LogP contribution in [-0.4, -0.2) is 15.2 Å². The predicted octanol–water partition coefficient (Wildman–Crippen LogP) is 2.23. The zero-order chi connectivity index (χ0) is 10.1. The summed E-state index contributed by atoms with van der Waals surface area (Å²) in [6, 6.07) is 4.93. The van der Waals surface area contributed by atoms with Crippen molar-refractivity contribution in [1.29, 1.82) is 0 Å². The highest BCUT2D eigenvalue weighted by molar-refractivity contribution is 5.62. The Labute approximate surface area is 80.4 Å². The fraction of sp³-hybridized carbons (Fsp3) is 0.100. The second-order valence-corrected chi connectivity index (χ2v) is 3.13. The molecule has 14 heavy (non-hydrogen) atoms. The van der Waals surface area contributed by atoms with Crippen molar-refractivity contribution in [3.8, 4) is 11.1 Å². The van der Waals surface area contributed by atoms with E-state index < -0.39 is 0 Å². The van der Waals surface area contributed by atoms with E-state index in [1.54, 1.807) is 6.07 Å². The number of aromatic nitrogens is 2. The maximum Gasteiger partial charge on any atom is 0.131 e. The van der Waals surface area contributed by atoms with E-state index >= 15 is 0 Å². The highest BCUT2D eigenvalue weighted by Gasteiger charge is 2.06. The van der Waals surface area contributed by atoms with Crippen molar-refractivity contribution >= 4 is 0 Å². The van der Waals surface area contributed by atoms with Crippen LogP contribution in [0.4, 0.5) is 4.39 Å². The molecule has 2 rings (SSSR count).